The highest BCUT2D eigenvalue weighted by Crippen LogP contribution is 2.28. The molecule has 1 aromatic rings. The number of piperidine rings is 1. The Labute approximate surface area is 109 Å². The second kappa shape index (κ2) is 5.98. The summed E-state index contributed by atoms with van der Waals surface area (Å²) in [6.07, 6.45) is 2.67. The Morgan fingerprint density at radius 3 is 2.76 bits per heavy atom. The van der Waals surface area contributed by atoms with Gasteiger partial charge in [-0.25, -0.2) is 0 Å². The summed E-state index contributed by atoms with van der Waals surface area (Å²) in [4.78, 5) is 4.05. The predicted molar refractivity (Wildman–Crippen MR) is 75.7 cm³/mol. The molecule has 1 saturated heterocycles. The Balaban J connectivity index is 1.90. The topological polar surface area (TPSA) is 15.3 Å². The van der Waals surface area contributed by atoms with Crippen LogP contribution in [0.3, 0.4) is 0 Å². The van der Waals surface area contributed by atoms with E-state index in [1.807, 2.05) is 11.3 Å². The van der Waals surface area contributed by atoms with Crippen molar-refractivity contribution in [3.63, 3.8) is 0 Å². The fourth-order valence-electron chi connectivity index (χ4n) is 2.64. The highest BCUT2D eigenvalue weighted by atomic mass is 32.1. The Hall–Kier alpha value is -0.380. The lowest BCUT2D eigenvalue weighted by molar-refractivity contribution is 0.198. The molecule has 0 radical (unpaired) electrons. The first-order chi connectivity index (χ1) is 8.18. The van der Waals surface area contributed by atoms with Crippen LogP contribution in [0.25, 0.3) is 0 Å². The van der Waals surface area contributed by atoms with E-state index in [-0.39, 0.29) is 0 Å². The maximum absolute atomic E-state index is 3.44. The van der Waals surface area contributed by atoms with Crippen molar-refractivity contribution in [2.75, 3.05) is 26.7 Å². The molecule has 0 amide bonds. The quantitative estimate of drug-likeness (QED) is 0.886. The molecule has 1 unspecified atom stereocenters. The standard InChI is InChI=1S/C14H24N2S/c1-11-6-9-17-14(11)12(2)16(3)10-13-4-7-15-8-5-13/h6,9,12-13,15H,4-5,7-8,10H2,1-3H3. The molecular weight excluding hydrogens is 228 g/mol. The van der Waals surface area contributed by atoms with Gasteiger partial charge >= 0.3 is 0 Å². The number of thiophene rings is 1. The minimum Gasteiger partial charge on any atom is -0.317 e. The van der Waals surface area contributed by atoms with Crippen molar-refractivity contribution in [2.45, 2.75) is 32.7 Å². The smallest absolute Gasteiger partial charge is 0.0413 e. The number of nitrogens with zero attached hydrogens (tertiary/aromatic N) is 1. The Morgan fingerprint density at radius 2 is 2.18 bits per heavy atom. The molecule has 3 heteroatoms. The fourth-order valence-corrected chi connectivity index (χ4v) is 3.69. The van der Waals surface area contributed by atoms with E-state index in [1.165, 1.54) is 42.9 Å². The van der Waals surface area contributed by atoms with Gasteiger partial charge in [0.15, 0.2) is 0 Å². The second-order valence-electron chi connectivity index (χ2n) is 5.28. The highest BCUT2D eigenvalue weighted by Gasteiger charge is 2.20. The van der Waals surface area contributed by atoms with Crippen LogP contribution >= 0.6 is 11.3 Å². The SMILES string of the molecule is Cc1ccsc1C(C)N(C)CC1CCNCC1. The van der Waals surface area contributed by atoms with Gasteiger partial charge in [-0.1, -0.05) is 0 Å². The summed E-state index contributed by atoms with van der Waals surface area (Å²) in [6.45, 7) is 8.19. The zero-order chi connectivity index (χ0) is 12.3. The molecular formula is C14H24N2S. The molecule has 1 aliphatic heterocycles. The third-order valence-electron chi connectivity index (χ3n) is 3.95. The van der Waals surface area contributed by atoms with Gasteiger partial charge < -0.3 is 5.32 Å². The molecule has 0 bridgehead atoms. The lowest BCUT2D eigenvalue weighted by Gasteiger charge is -2.31. The average molecular weight is 252 g/mol. The number of nitrogens with one attached hydrogen (secondary N) is 1. The van der Waals surface area contributed by atoms with Gasteiger partial charge in [0.2, 0.25) is 0 Å². The van der Waals surface area contributed by atoms with Crippen LogP contribution < -0.4 is 5.32 Å². The monoisotopic (exact) mass is 252 g/mol. The largest absolute Gasteiger partial charge is 0.317 e. The van der Waals surface area contributed by atoms with Gasteiger partial charge in [0, 0.05) is 17.5 Å². The molecule has 0 saturated carbocycles. The van der Waals surface area contributed by atoms with Crippen LogP contribution in [-0.2, 0) is 0 Å². The third kappa shape index (κ3) is 3.30. The first-order valence-electron chi connectivity index (χ1n) is 6.63. The number of hydrogen-bond donors (Lipinski definition) is 1. The zero-order valence-electron chi connectivity index (χ0n) is 11.2. The molecule has 1 aromatic heterocycles. The van der Waals surface area contributed by atoms with E-state index in [9.17, 15) is 0 Å². The van der Waals surface area contributed by atoms with E-state index in [4.69, 9.17) is 0 Å². The summed E-state index contributed by atoms with van der Waals surface area (Å²) in [5.41, 5.74) is 1.44. The molecule has 2 heterocycles. The van der Waals surface area contributed by atoms with Crippen LogP contribution in [0.1, 0.15) is 36.2 Å². The van der Waals surface area contributed by atoms with E-state index in [0.717, 1.165) is 5.92 Å². The number of hydrogen-bond acceptors (Lipinski definition) is 3. The van der Waals surface area contributed by atoms with Crippen molar-refractivity contribution in [1.29, 1.82) is 0 Å². The molecule has 0 aliphatic carbocycles. The average Bonchev–Trinajstić information content (AvgIpc) is 2.76. The van der Waals surface area contributed by atoms with Crippen LogP contribution in [0, 0.1) is 12.8 Å². The van der Waals surface area contributed by atoms with Crippen molar-refractivity contribution < 1.29 is 0 Å². The van der Waals surface area contributed by atoms with Crippen LogP contribution in [-0.4, -0.2) is 31.6 Å². The molecule has 1 atom stereocenters. The minimum absolute atomic E-state index is 0.560. The summed E-state index contributed by atoms with van der Waals surface area (Å²) in [6, 6.07) is 2.79. The van der Waals surface area contributed by atoms with Crippen molar-refractivity contribution in [3.05, 3.63) is 21.9 Å². The normalized spacial score (nSPS) is 19.8. The fraction of sp³-hybridized carbons (Fsp3) is 0.714. The van der Waals surface area contributed by atoms with Crippen LogP contribution in [0.4, 0.5) is 0 Å². The summed E-state index contributed by atoms with van der Waals surface area (Å²) >= 11 is 1.89. The highest BCUT2D eigenvalue weighted by molar-refractivity contribution is 7.10. The van der Waals surface area contributed by atoms with Crippen molar-refractivity contribution in [2.24, 2.45) is 5.92 Å². The Kier molecular flexibility index (Phi) is 4.60. The first kappa shape index (κ1) is 13.1. The first-order valence-corrected chi connectivity index (χ1v) is 7.51. The van der Waals surface area contributed by atoms with Gasteiger partial charge in [-0.3, -0.25) is 4.90 Å². The molecule has 1 N–H and O–H groups in total. The molecule has 1 fully saturated rings. The Morgan fingerprint density at radius 1 is 1.47 bits per heavy atom. The van der Waals surface area contributed by atoms with Gasteiger partial charge in [0.25, 0.3) is 0 Å². The maximum atomic E-state index is 3.44. The lowest BCUT2D eigenvalue weighted by Crippen LogP contribution is -2.35. The molecule has 1 aliphatic rings. The van der Waals surface area contributed by atoms with Crippen molar-refractivity contribution >= 4 is 11.3 Å². The second-order valence-corrected chi connectivity index (χ2v) is 6.22. The Bertz CT molecular complexity index is 342. The third-order valence-corrected chi connectivity index (χ3v) is 5.14. The van der Waals surface area contributed by atoms with E-state index >= 15 is 0 Å². The summed E-state index contributed by atoms with van der Waals surface area (Å²) in [7, 11) is 2.27. The lowest BCUT2D eigenvalue weighted by atomic mass is 9.97. The molecule has 0 spiro atoms. The van der Waals surface area contributed by atoms with Gasteiger partial charge in [0.05, 0.1) is 0 Å². The van der Waals surface area contributed by atoms with Gasteiger partial charge in [-0.2, -0.15) is 0 Å². The van der Waals surface area contributed by atoms with E-state index in [0.29, 0.717) is 6.04 Å². The van der Waals surface area contributed by atoms with Gasteiger partial charge in [-0.15, -0.1) is 11.3 Å². The molecule has 96 valence electrons. The summed E-state index contributed by atoms with van der Waals surface area (Å²) < 4.78 is 0. The zero-order valence-corrected chi connectivity index (χ0v) is 12.0. The molecule has 0 aromatic carbocycles. The molecule has 17 heavy (non-hydrogen) atoms. The summed E-state index contributed by atoms with van der Waals surface area (Å²) in [5, 5.41) is 5.65. The maximum Gasteiger partial charge on any atom is 0.0413 e. The van der Waals surface area contributed by atoms with Gasteiger partial charge in [-0.05, 0) is 69.8 Å². The van der Waals surface area contributed by atoms with Crippen molar-refractivity contribution in [3.8, 4) is 0 Å². The van der Waals surface area contributed by atoms with Gasteiger partial charge in [0.1, 0.15) is 0 Å². The molecule has 2 rings (SSSR count). The summed E-state index contributed by atoms with van der Waals surface area (Å²) in [5.74, 6) is 0.879. The van der Waals surface area contributed by atoms with Crippen LogP contribution in [0.2, 0.25) is 0 Å². The number of rotatable bonds is 4. The number of aryl methyl sites for hydroxylation is 1. The molecule has 2 nitrogen and oxygen atoms in total. The van der Waals surface area contributed by atoms with Crippen LogP contribution in [0.5, 0.6) is 0 Å². The predicted octanol–water partition coefficient (Wildman–Crippen LogP) is 3.05. The van der Waals surface area contributed by atoms with Crippen LogP contribution in [0.15, 0.2) is 11.4 Å². The van der Waals surface area contributed by atoms with E-state index in [2.05, 4.69) is 42.6 Å². The van der Waals surface area contributed by atoms with E-state index in [1.54, 1.807) is 0 Å². The van der Waals surface area contributed by atoms with Crippen molar-refractivity contribution in [1.82, 2.24) is 10.2 Å². The minimum atomic E-state index is 0.560. The van der Waals surface area contributed by atoms with E-state index < -0.39 is 0 Å².